The van der Waals surface area contributed by atoms with Crippen LogP contribution in [0.2, 0.25) is 0 Å². The van der Waals surface area contributed by atoms with Crippen LogP contribution in [0.15, 0.2) is 12.7 Å². The summed E-state index contributed by atoms with van der Waals surface area (Å²) in [6, 6.07) is 0. The van der Waals surface area contributed by atoms with Gasteiger partial charge >= 0.3 is 0 Å². The highest BCUT2D eigenvalue weighted by atomic mass is 31.2. The van der Waals surface area contributed by atoms with Gasteiger partial charge in [-0.25, -0.2) is 15.0 Å². The van der Waals surface area contributed by atoms with E-state index in [2.05, 4.69) is 19.5 Å². The van der Waals surface area contributed by atoms with Crippen LogP contribution in [0, 0.1) is 0 Å². The molecule has 126 valence electrons. The van der Waals surface area contributed by atoms with Crippen LogP contribution in [0.1, 0.15) is 6.23 Å². The molecule has 12 nitrogen and oxygen atoms in total. The lowest BCUT2D eigenvalue weighted by Crippen LogP contribution is -2.35. The average molecular weight is 346 g/mol. The van der Waals surface area contributed by atoms with E-state index in [4.69, 9.17) is 15.4 Å². The van der Waals surface area contributed by atoms with Crippen LogP contribution in [-0.2, 0) is 13.8 Å². The Morgan fingerprint density at radius 2 is 2.22 bits per heavy atom. The zero-order valence-electron chi connectivity index (χ0n) is 11.5. The normalized spacial score (nSPS) is 30.6. The molecule has 3 heterocycles. The summed E-state index contributed by atoms with van der Waals surface area (Å²) >= 11 is 0. The fourth-order valence-electron chi connectivity index (χ4n) is 2.42. The van der Waals surface area contributed by atoms with Gasteiger partial charge in [0.1, 0.15) is 30.2 Å². The molecular weight excluding hydrogens is 333 g/mol. The second kappa shape index (κ2) is 5.76. The first-order chi connectivity index (χ1) is 10.8. The molecule has 5 N–H and O–H groups in total. The Hall–Kier alpha value is -1.66. The molecule has 1 aliphatic heterocycles. The van der Waals surface area contributed by atoms with Crippen molar-refractivity contribution in [3.05, 3.63) is 12.7 Å². The maximum atomic E-state index is 11.0. The van der Waals surface area contributed by atoms with Crippen molar-refractivity contribution in [2.45, 2.75) is 24.5 Å². The van der Waals surface area contributed by atoms with Gasteiger partial charge in [-0.1, -0.05) is 0 Å². The van der Waals surface area contributed by atoms with E-state index in [1.165, 1.54) is 17.2 Å². The highest BCUT2D eigenvalue weighted by Gasteiger charge is 2.47. The van der Waals surface area contributed by atoms with Gasteiger partial charge in [0.2, 0.25) is 0 Å². The lowest BCUT2D eigenvalue weighted by Gasteiger charge is -2.26. The largest absolute Gasteiger partial charge is 0.756 e. The molecule has 1 aliphatic rings. The monoisotopic (exact) mass is 346 g/mol. The molecule has 23 heavy (non-hydrogen) atoms. The summed E-state index contributed by atoms with van der Waals surface area (Å²) in [4.78, 5) is 31.7. The quantitative estimate of drug-likeness (QED) is 0.428. The number of anilines is 1. The van der Waals surface area contributed by atoms with Crippen molar-refractivity contribution in [2.75, 3.05) is 12.3 Å². The van der Waals surface area contributed by atoms with Crippen LogP contribution in [0.4, 0.5) is 5.82 Å². The SMILES string of the molecule is Nc1ncnc2c1ncn2[C@@H]1O[C@H](CO)[C@@H](O)[C@H]1OP(=O)([O-])O. The molecule has 0 spiro atoms. The van der Waals surface area contributed by atoms with Crippen LogP contribution in [0.25, 0.3) is 11.2 Å². The number of aliphatic hydroxyl groups excluding tert-OH is 2. The molecule has 0 aromatic carbocycles. The molecule has 13 heteroatoms. The number of hydrogen-bond donors (Lipinski definition) is 4. The number of aromatic nitrogens is 4. The number of nitrogens with zero attached hydrogens (tertiary/aromatic N) is 4. The minimum atomic E-state index is -5.16. The predicted octanol–water partition coefficient (Wildman–Crippen LogP) is -2.49. The number of aliphatic hydroxyl groups is 2. The van der Waals surface area contributed by atoms with Crippen LogP contribution >= 0.6 is 7.82 Å². The third-order valence-corrected chi connectivity index (χ3v) is 3.92. The highest BCUT2D eigenvalue weighted by molar-refractivity contribution is 7.44. The number of hydrogen-bond acceptors (Lipinski definition) is 10. The van der Waals surface area contributed by atoms with Crippen molar-refractivity contribution in [1.29, 1.82) is 0 Å². The van der Waals surface area contributed by atoms with Gasteiger partial charge in [-0.05, 0) is 0 Å². The van der Waals surface area contributed by atoms with E-state index in [1.807, 2.05) is 0 Å². The first kappa shape index (κ1) is 16.2. The first-order valence-electron chi connectivity index (χ1n) is 6.41. The lowest BCUT2D eigenvalue weighted by molar-refractivity contribution is -0.229. The number of ether oxygens (including phenoxy) is 1. The molecule has 0 radical (unpaired) electrons. The van der Waals surface area contributed by atoms with Crippen molar-refractivity contribution >= 4 is 24.8 Å². The van der Waals surface area contributed by atoms with Crippen LogP contribution in [0.3, 0.4) is 0 Å². The molecule has 1 unspecified atom stereocenters. The van der Waals surface area contributed by atoms with E-state index in [0.29, 0.717) is 0 Å². The van der Waals surface area contributed by atoms with Crippen LogP contribution in [0.5, 0.6) is 0 Å². The van der Waals surface area contributed by atoms with Crippen molar-refractivity contribution in [3.63, 3.8) is 0 Å². The fourth-order valence-corrected chi connectivity index (χ4v) is 2.95. The Morgan fingerprint density at radius 3 is 2.87 bits per heavy atom. The molecule has 0 bridgehead atoms. The minimum absolute atomic E-state index is 0.0973. The molecule has 0 aliphatic carbocycles. The highest BCUT2D eigenvalue weighted by Crippen LogP contribution is 2.42. The molecule has 5 atom stereocenters. The minimum Gasteiger partial charge on any atom is -0.756 e. The standard InChI is InChI=1S/C10H14N5O7P/c11-8-5-9(13-2-12-8)15(3-14-5)10-7(22-23(18,19)20)6(17)4(1-16)21-10/h2-4,6-7,10,16-17H,1H2,(H2,11,12,13)(H2,18,19,20)/p-1/t4-,6-,7-,10-/m1/s1. The molecule has 2 aromatic rings. The summed E-state index contributed by atoms with van der Waals surface area (Å²) in [5.74, 6) is 0.0973. The third-order valence-electron chi connectivity index (χ3n) is 3.41. The van der Waals surface area contributed by atoms with Crippen molar-refractivity contribution in [1.82, 2.24) is 19.5 Å². The van der Waals surface area contributed by atoms with Gasteiger partial charge in [-0.2, -0.15) is 0 Å². The molecule has 1 fully saturated rings. The van der Waals surface area contributed by atoms with E-state index in [-0.39, 0.29) is 17.0 Å². The van der Waals surface area contributed by atoms with Crippen LogP contribution < -0.4 is 10.6 Å². The van der Waals surface area contributed by atoms with Gasteiger partial charge in [0.25, 0.3) is 7.82 Å². The molecule has 0 amide bonds. The predicted molar refractivity (Wildman–Crippen MR) is 71.4 cm³/mol. The van der Waals surface area contributed by atoms with Gasteiger partial charge in [-0.15, -0.1) is 0 Å². The number of nitrogen functional groups attached to an aromatic ring is 1. The van der Waals surface area contributed by atoms with Crippen LogP contribution in [-0.4, -0.2) is 59.5 Å². The number of nitrogens with two attached hydrogens (primary N) is 1. The van der Waals surface area contributed by atoms with Crippen molar-refractivity contribution in [3.8, 4) is 0 Å². The Kier molecular flexibility index (Phi) is 4.06. The maximum absolute atomic E-state index is 11.0. The smallest absolute Gasteiger partial charge is 0.265 e. The van der Waals surface area contributed by atoms with Crippen molar-refractivity contribution < 1.29 is 33.8 Å². The number of imidazole rings is 1. The second-order valence-electron chi connectivity index (χ2n) is 4.86. The molecule has 0 saturated carbocycles. The Bertz CT molecular complexity index is 763. The molecule has 3 rings (SSSR count). The summed E-state index contributed by atoms with van der Waals surface area (Å²) in [5.41, 5.74) is 6.11. The second-order valence-corrected chi connectivity index (χ2v) is 6.01. The van der Waals surface area contributed by atoms with Gasteiger partial charge in [0.15, 0.2) is 17.7 Å². The van der Waals surface area contributed by atoms with E-state index < -0.39 is 39.0 Å². The topological polar surface area (TPSA) is 189 Å². The Balaban J connectivity index is 2.04. The number of phosphoric ester groups is 1. The van der Waals surface area contributed by atoms with E-state index in [1.54, 1.807) is 0 Å². The molecule has 1 saturated heterocycles. The van der Waals surface area contributed by atoms with Gasteiger partial charge in [0, 0.05) is 0 Å². The van der Waals surface area contributed by atoms with Crippen molar-refractivity contribution in [2.24, 2.45) is 0 Å². The molecular formula is C10H13N5O7P-. The van der Waals surface area contributed by atoms with Gasteiger partial charge in [-0.3, -0.25) is 9.13 Å². The van der Waals surface area contributed by atoms with E-state index >= 15 is 0 Å². The van der Waals surface area contributed by atoms with E-state index in [9.17, 15) is 19.7 Å². The number of fused-ring (bicyclic) bond motifs is 1. The first-order valence-corrected chi connectivity index (χ1v) is 7.91. The van der Waals surface area contributed by atoms with E-state index in [0.717, 1.165) is 0 Å². The summed E-state index contributed by atoms with van der Waals surface area (Å²) in [6.07, 6.45) is -2.92. The third kappa shape index (κ3) is 2.93. The lowest BCUT2D eigenvalue weighted by atomic mass is 10.1. The zero-order chi connectivity index (χ0) is 16.8. The summed E-state index contributed by atoms with van der Waals surface area (Å²) in [5, 5.41) is 19.2. The van der Waals surface area contributed by atoms with Gasteiger partial charge in [0.05, 0.1) is 12.9 Å². The number of rotatable bonds is 4. The zero-order valence-corrected chi connectivity index (χ0v) is 12.4. The summed E-state index contributed by atoms with van der Waals surface area (Å²) in [6.45, 7) is -0.587. The number of phosphoric acid groups is 1. The Morgan fingerprint density at radius 1 is 1.48 bits per heavy atom. The maximum Gasteiger partial charge on any atom is 0.265 e. The Labute approximate surface area is 128 Å². The average Bonchev–Trinajstić information content (AvgIpc) is 3.01. The summed E-state index contributed by atoms with van der Waals surface area (Å²) < 4.78 is 22.2. The van der Waals surface area contributed by atoms with Gasteiger partial charge < -0.3 is 35.0 Å². The molecule has 2 aromatic heterocycles. The summed E-state index contributed by atoms with van der Waals surface area (Å²) in [7, 11) is -5.16. The fraction of sp³-hybridized carbons (Fsp3) is 0.500.